The molecule has 1 unspecified atom stereocenters. The summed E-state index contributed by atoms with van der Waals surface area (Å²) in [6.45, 7) is 5.80. The number of carbonyl (C=O) groups excluding carboxylic acids is 1. The molecule has 14 heavy (non-hydrogen) atoms. The minimum absolute atomic E-state index is 0.0381. The van der Waals surface area contributed by atoms with E-state index in [1.54, 1.807) is 0 Å². The van der Waals surface area contributed by atoms with Crippen LogP contribution in [0.15, 0.2) is 0 Å². The first-order valence-corrected chi connectivity index (χ1v) is 5.64. The maximum absolute atomic E-state index is 11.5. The van der Waals surface area contributed by atoms with Gasteiger partial charge < -0.3 is 10.1 Å². The van der Waals surface area contributed by atoms with Crippen molar-refractivity contribution in [3.63, 3.8) is 0 Å². The number of hydrogen-bond acceptors (Lipinski definition) is 3. The van der Waals surface area contributed by atoms with Gasteiger partial charge in [-0.1, -0.05) is 20.3 Å². The number of nitrogens with one attached hydrogen (secondary N) is 1. The van der Waals surface area contributed by atoms with Gasteiger partial charge in [0.2, 0.25) is 0 Å². The van der Waals surface area contributed by atoms with Gasteiger partial charge in [0.1, 0.15) is 6.04 Å². The first-order valence-electron chi connectivity index (χ1n) is 5.64. The quantitative estimate of drug-likeness (QED) is 0.685. The van der Waals surface area contributed by atoms with Crippen molar-refractivity contribution < 1.29 is 9.53 Å². The molecule has 0 aromatic heterocycles. The van der Waals surface area contributed by atoms with Crippen LogP contribution in [0.1, 0.15) is 39.5 Å². The summed E-state index contributed by atoms with van der Waals surface area (Å²) in [5, 5.41) is 3.14. The minimum Gasteiger partial charge on any atom is -0.464 e. The van der Waals surface area contributed by atoms with Gasteiger partial charge in [-0.3, -0.25) is 4.79 Å². The van der Waals surface area contributed by atoms with Gasteiger partial charge in [0.25, 0.3) is 0 Å². The molecule has 0 saturated carbocycles. The van der Waals surface area contributed by atoms with Crippen molar-refractivity contribution in [2.45, 2.75) is 45.6 Å². The van der Waals surface area contributed by atoms with E-state index in [2.05, 4.69) is 19.2 Å². The fourth-order valence-corrected chi connectivity index (χ4v) is 1.79. The number of ether oxygens (including phenoxy) is 1. The van der Waals surface area contributed by atoms with Gasteiger partial charge in [-0.05, 0) is 31.7 Å². The van der Waals surface area contributed by atoms with Gasteiger partial charge in [0.05, 0.1) is 6.61 Å². The lowest BCUT2D eigenvalue weighted by Gasteiger charge is -2.13. The van der Waals surface area contributed by atoms with Crippen molar-refractivity contribution >= 4 is 5.97 Å². The maximum atomic E-state index is 11.5. The van der Waals surface area contributed by atoms with E-state index >= 15 is 0 Å². The lowest BCUT2D eigenvalue weighted by atomic mass is 10.1. The van der Waals surface area contributed by atoms with E-state index in [-0.39, 0.29) is 12.0 Å². The van der Waals surface area contributed by atoms with Crippen LogP contribution in [0.3, 0.4) is 0 Å². The largest absolute Gasteiger partial charge is 0.464 e. The average Bonchev–Trinajstić information content (AvgIpc) is 2.67. The highest BCUT2D eigenvalue weighted by Crippen LogP contribution is 2.09. The molecule has 82 valence electrons. The second kappa shape index (κ2) is 6.02. The standard InChI is InChI=1S/C11H21NO2/c1-3-5-9(2)8-14-11(13)10-6-4-7-12-10/h9-10,12H,3-8H2,1-2H3/t9?,10-/m0/s1. The van der Waals surface area contributed by atoms with Crippen molar-refractivity contribution in [2.24, 2.45) is 5.92 Å². The lowest BCUT2D eigenvalue weighted by molar-refractivity contribution is -0.147. The molecule has 1 heterocycles. The van der Waals surface area contributed by atoms with Crippen molar-refractivity contribution in [3.05, 3.63) is 0 Å². The molecule has 0 aromatic rings. The summed E-state index contributed by atoms with van der Waals surface area (Å²) in [7, 11) is 0. The monoisotopic (exact) mass is 199 g/mol. The number of carbonyl (C=O) groups is 1. The van der Waals surface area contributed by atoms with Gasteiger partial charge >= 0.3 is 5.97 Å². The van der Waals surface area contributed by atoms with Gasteiger partial charge in [-0.2, -0.15) is 0 Å². The Kier molecular flexibility index (Phi) is 4.94. The SMILES string of the molecule is CCCC(C)COC(=O)[C@@H]1CCCN1. The Morgan fingerprint density at radius 3 is 3.00 bits per heavy atom. The Labute approximate surface area is 86.2 Å². The molecule has 0 spiro atoms. The first-order chi connectivity index (χ1) is 6.74. The summed E-state index contributed by atoms with van der Waals surface area (Å²) in [5.41, 5.74) is 0. The molecule has 2 atom stereocenters. The normalized spacial score (nSPS) is 23.4. The summed E-state index contributed by atoms with van der Waals surface area (Å²) >= 11 is 0. The Morgan fingerprint density at radius 1 is 1.64 bits per heavy atom. The number of esters is 1. The van der Waals surface area contributed by atoms with Crippen LogP contribution in [0, 0.1) is 5.92 Å². The molecule has 0 aromatic carbocycles. The number of rotatable bonds is 5. The Balaban J connectivity index is 2.13. The Hall–Kier alpha value is -0.570. The van der Waals surface area contributed by atoms with E-state index < -0.39 is 0 Å². The molecule has 1 aliphatic heterocycles. The first kappa shape index (κ1) is 11.5. The molecular formula is C11H21NO2. The molecule has 0 amide bonds. The fraction of sp³-hybridized carbons (Fsp3) is 0.909. The van der Waals surface area contributed by atoms with Gasteiger partial charge in [0.15, 0.2) is 0 Å². The predicted octanol–water partition coefficient (Wildman–Crippen LogP) is 1.72. The van der Waals surface area contributed by atoms with E-state index in [1.807, 2.05) is 0 Å². The summed E-state index contributed by atoms with van der Waals surface area (Å²) in [5.74, 6) is 0.427. The topological polar surface area (TPSA) is 38.3 Å². The fourth-order valence-electron chi connectivity index (χ4n) is 1.79. The molecule has 1 rings (SSSR count). The number of hydrogen-bond donors (Lipinski definition) is 1. The van der Waals surface area contributed by atoms with Crippen molar-refractivity contribution in [1.82, 2.24) is 5.32 Å². The zero-order valence-corrected chi connectivity index (χ0v) is 9.21. The van der Waals surface area contributed by atoms with E-state index in [0.29, 0.717) is 12.5 Å². The van der Waals surface area contributed by atoms with Crippen molar-refractivity contribution in [3.8, 4) is 0 Å². The van der Waals surface area contributed by atoms with Crippen LogP contribution in [0.25, 0.3) is 0 Å². The molecule has 1 fully saturated rings. The van der Waals surface area contributed by atoms with Crippen LogP contribution in [0.2, 0.25) is 0 Å². The highest BCUT2D eigenvalue weighted by Gasteiger charge is 2.23. The average molecular weight is 199 g/mol. The van der Waals surface area contributed by atoms with E-state index in [1.165, 1.54) is 0 Å². The van der Waals surface area contributed by atoms with Gasteiger partial charge in [-0.15, -0.1) is 0 Å². The van der Waals surface area contributed by atoms with E-state index in [0.717, 1.165) is 32.2 Å². The predicted molar refractivity (Wildman–Crippen MR) is 56.1 cm³/mol. The smallest absolute Gasteiger partial charge is 0.323 e. The molecule has 3 heteroatoms. The lowest BCUT2D eigenvalue weighted by Crippen LogP contribution is -2.33. The molecule has 0 bridgehead atoms. The van der Waals surface area contributed by atoms with Crippen LogP contribution in [0.4, 0.5) is 0 Å². The van der Waals surface area contributed by atoms with Gasteiger partial charge in [0, 0.05) is 0 Å². The van der Waals surface area contributed by atoms with Crippen LogP contribution in [-0.2, 0) is 9.53 Å². The third kappa shape index (κ3) is 3.66. The molecule has 1 N–H and O–H groups in total. The van der Waals surface area contributed by atoms with E-state index in [9.17, 15) is 4.79 Å². The Bertz CT molecular complexity index is 176. The molecule has 3 nitrogen and oxygen atoms in total. The maximum Gasteiger partial charge on any atom is 0.323 e. The summed E-state index contributed by atoms with van der Waals surface area (Å²) in [6, 6.07) is -0.0381. The third-order valence-electron chi connectivity index (χ3n) is 2.64. The van der Waals surface area contributed by atoms with Crippen LogP contribution in [-0.4, -0.2) is 25.2 Å². The zero-order valence-electron chi connectivity index (χ0n) is 9.21. The van der Waals surface area contributed by atoms with Crippen molar-refractivity contribution in [1.29, 1.82) is 0 Å². The molecule has 1 aliphatic rings. The molecule has 1 saturated heterocycles. The second-order valence-corrected chi connectivity index (χ2v) is 4.17. The van der Waals surface area contributed by atoms with Crippen LogP contribution < -0.4 is 5.32 Å². The minimum atomic E-state index is -0.0644. The van der Waals surface area contributed by atoms with Crippen LogP contribution in [0.5, 0.6) is 0 Å². The molecule has 0 aliphatic carbocycles. The van der Waals surface area contributed by atoms with Gasteiger partial charge in [-0.25, -0.2) is 0 Å². The van der Waals surface area contributed by atoms with Crippen LogP contribution >= 0.6 is 0 Å². The Morgan fingerprint density at radius 2 is 2.43 bits per heavy atom. The zero-order chi connectivity index (χ0) is 10.4. The van der Waals surface area contributed by atoms with E-state index in [4.69, 9.17) is 4.74 Å². The summed E-state index contributed by atoms with van der Waals surface area (Å²) < 4.78 is 5.24. The second-order valence-electron chi connectivity index (χ2n) is 4.17. The molecule has 0 radical (unpaired) electrons. The van der Waals surface area contributed by atoms with Crippen molar-refractivity contribution in [2.75, 3.05) is 13.2 Å². The summed E-state index contributed by atoms with van der Waals surface area (Å²) in [4.78, 5) is 11.5. The molecular weight excluding hydrogens is 178 g/mol. The summed E-state index contributed by atoms with van der Waals surface area (Å²) in [6.07, 6.45) is 4.30. The third-order valence-corrected chi connectivity index (χ3v) is 2.64. The highest BCUT2D eigenvalue weighted by molar-refractivity contribution is 5.76. The highest BCUT2D eigenvalue weighted by atomic mass is 16.5.